The second kappa shape index (κ2) is 8.94. The van der Waals surface area contributed by atoms with Crippen LogP contribution < -0.4 is 16.0 Å². The van der Waals surface area contributed by atoms with E-state index in [2.05, 4.69) is 26.3 Å². The third-order valence-corrected chi connectivity index (χ3v) is 7.67. The molecule has 0 aromatic carbocycles. The summed E-state index contributed by atoms with van der Waals surface area (Å²) < 4.78 is 17.6. The molecule has 0 spiro atoms. The Hall–Kier alpha value is -3.08. The number of hydrogen-bond donors (Lipinski definition) is 2. The molecule has 1 atom stereocenters. The van der Waals surface area contributed by atoms with Crippen molar-refractivity contribution in [1.29, 1.82) is 0 Å². The highest BCUT2D eigenvalue weighted by Gasteiger charge is 2.31. The van der Waals surface area contributed by atoms with Crippen LogP contribution in [0.15, 0.2) is 23.4 Å². The van der Waals surface area contributed by atoms with E-state index in [-0.39, 0.29) is 6.61 Å². The molecule has 180 valence electrons. The average Bonchev–Trinajstić information content (AvgIpc) is 3.60. The van der Waals surface area contributed by atoms with Crippen LogP contribution in [0.1, 0.15) is 56.1 Å². The lowest BCUT2D eigenvalue weighted by Crippen LogP contribution is -2.39. The zero-order valence-electron chi connectivity index (χ0n) is 19.4. The van der Waals surface area contributed by atoms with Crippen LogP contribution in [0.25, 0.3) is 5.57 Å². The van der Waals surface area contributed by atoms with E-state index in [0.717, 1.165) is 30.1 Å². The van der Waals surface area contributed by atoms with Crippen molar-refractivity contribution in [3.8, 4) is 0 Å². The quantitative estimate of drug-likeness (QED) is 0.608. The molecule has 10 nitrogen and oxygen atoms in total. The third kappa shape index (κ3) is 4.89. The van der Waals surface area contributed by atoms with E-state index < -0.39 is 22.4 Å². The third-order valence-electron chi connectivity index (χ3n) is 6.21. The molecule has 3 N–H and O–H groups in total. The number of carbonyl (C=O) groups is 1. The zero-order chi connectivity index (χ0) is 23.9. The molecular weight excluding hydrogens is 454 g/mol. The molecule has 4 heterocycles. The van der Waals surface area contributed by atoms with Crippen molar-refractivity contribution in [3.63, 3.8) is 0 Å². The minimum atomic E-state index is -1.17. The number of amides is 1. The Morgan fingerprint density at radius 3 is 2.68 bits per heavy atom. The van der Waals surface area contributed by atoms with E-state index in [4.69, 9.17) is 20.4 Å². The molecule has 34 heavy (non-hydrogen) atoms. The van der Waals surface area contributed by atoms with Crippen LogP contribution in [-0.4, -0.2) is 61.2 Å². The fourth-order valence-corrected chi connectivity index (χ4v) is 5.51. The number of aryl methyl sites for hydroxylation is 1. The largest absolute Gasteiger partial charge is 0.447 e. The number of nitrogens with two attached hydrogens (primary N) is 1. The van der Waals surface area contributed by atoms with Gasteiger partial charge in [0.05, 0.1) is 22.0 Å². The van der Waals surface area contributed by atoms with Gasteiger partial charge in [-0.3, -0.25) is 4.21 Å². The first kappa shape index (κ1) is 22.7. The second-order valence-electron chi connectivity index (χ2n) is 9.60. The van der Waals surface area contributed by atoms with E-state index in [1.807, 2.05) is 26.2 Å². The molecule has 5 rings (SSSR count). The lowest BCUT2D eigenvalue weighted by molar-refractivity contribution is 0.138. The summed E-state index contributed by atoms with van der Waals surface area (Å²) in [6, 6.07) is 0. The van der Waals surface area contributed by atoms with Crippen LogP contribution >= 0.6 is 0 Å². The van der Waals surface area contributed by atoms with Gasteiger partial charge in [0.15, 0.2) is 5.82 Å². The number of nitrogens with one attached hydrogen (secondary N) is 1. The van der Waals surface area contributed by atoms with Gasteiger partial charge in [-0.15, -0.1) is 0 Å². The first-order valence-electron chi connectivity index (χ1n) is 11.5. The number of carbonyl (C=O) groups excluding carboxylic acids is 1. The number of primary amides is 1. The average molecular weight is 484 g/mol. The topological polar surface area (TPSA) is 136 Å². The van der Waals surface area contributed by atoms with E-state index >= 15 is 0 Å². The van der Waals surface area contributed by atoms with Crippen molar-refractivity contribution in [1.82, 2.24) is 19.9 Å². The predicted octanol–water partition coefficient (Wildman–Crippen LogP) is 2.39. The maximum absolute atomic E-state index is 12.6. The number of rotatable bonds is 7. The number of hydrogen-bond acceptors (Lipinski definition) is 9. The molecule has 1 fully saturated rings. The van der Waals surface area contributed by atoms with Gasteiger partial charge in [-0.25, -0.2) is 19.7 Å². The van der Waals surface area contributed by atoms with Crippen molar-refractivity contribution in [2.75, 3.05) is 35.7 Å². The van der Waals surface area contributed by atoms with Crippen molar-refractivity contribution >= 4 is 34.2 Å². The molecule has 2 aromatic heterocycles. The van der Waals surface area contributed by atoms with Crippen molar-refractivity contribution in [3.05, 3.63) is 35.6 Å². The Balaban J connectivity index is 1.35. The van der Waals surface area contributed by atoms with Gasteiger partial charge in [0.2, 0.25) is 5.95 Å². The van der Waals surface area contributed by atoms with Crippen molar-refractivity contribution in [2.24, 2.45) is 5.73 Å². The Labute approximate surface area is 200 Å². The van der Waals surface area contributed by atoms with Gasteiger partial charge in [-0.2, -0.15) is 4.98 Å². The number of aromatic nitrogens is 4. The fraction of sp³-hybridized carbons (Fsp3) is 0.522. The summed E-state index contributed by atoms with van der Waals surface area (Å²) in [5.74, 6) is 3.06. The maximum atomic E-state index is 12.6. The lowest BCUT2D eigenvalue weighted by atomic mass is 10.1. The van der Waals surface area contributed by atoms with Crippen LogP contribution in [0.2, 0.25) is 0 Å². The summed E-state index contributed by atoms with van der Waals surface area (Å²) in [6.45, 7) is 5.16. The highest BCUT2D eigenvalue weighted by molar-refractivity contribution is 7.85. The van der Waals surface area contributed by atoms with E-state index in [0.29, 0.717) is 41.3 Å². The van der Waals surface area contributed by atoms with Gasteiger partial charge in [-0.1, -0.05) is 6.08 Å². The second-order valence-corrected chi connectivity index (χ2v) is 11.1. The van der Waals surface area contributed by atoms with Crippen LogP contribution in [0.5, 0.6) is 0 Å². The normalized spacial score (nSPS) is 20.0. The van der Waals surface area contributed by atoms with E-state index in [1.165, 1.54) is 18.4 Å². The van der Waals surface area contributed by atoms with Crippen LogP contribution in [0.3, 0.4) is 0 Å². The highest BCUT2D eigenvalue weighted by atomic mass is 32.2. The summed E-state index contributed by atoms with van der Waals surface area (Å²) in [7, 11) is -1.17. The van der Waals surface area contributed by atoms with Gasteiger partial charge in [0.25, 0.3) is 0 Å². The van der Waals surface area contributed by atoms with E-state index in [9.17, 15) is 9.00 Å². The summed E-state index contributed by atoms with van der Waals surface area (Å²) in [4.78, 5) is 32.4. The number of anilines is 2. The summed E-state index contributed by atoms with van der Waals surface area (Å²) in [5.41, 5.74) is 7.62. The fourth-order valence-electron chi connectivity index (χ4n) is 4.20. The van der Waals surface area contributed by atoms with Gasteiger partial charge >= 0.3 is 6.09 Å². The van der Waals surface area contributed by atoms with Crippen molar-refractivity contribution in [2.45, 2.75) is 55.9 Å². The number of fused-ring (bicyclic) bond motifs is 1. The standard InChI is InChI=1S/C23H29N7O3S/c1-23(2,13-33-21(24)31)29-20-18-17(7-10-34(18)32)27-22(28-20)30-8-5-15(6-9-30)19-25-11-16(12-26-19)14-3-4-14/h5,11-12,14H,3-4,6-10,13H2,1-2H3,(H2,24,31)(H,27,28,29). The molecule has 0 saturated heterocycles. The Bertz CT molecular complexity index is 1160. The zero-order valence-corrected chi connectivity index (χ0v) is 20.2. The van der Waals surface area contributed by atoms with Crippen LogP contribution in [-0.2, 0) is 22.0 Å². The van der Waals surface area contributed by atoms with Gasteiger partial charge in [0.1, 0.15) is 17.3 Å². The molecule has 0 radical (unpaired) electrons. The molecule has 1 saturated carbocycles. The van der Waals surface area contributed by atoms with Crippen LogP contribution in [0.4, 0.5) is 16.6 Å². The number of ether oxygens (including phenoxy) is 1. The summed E-state index contributed by atoms with van der Waals surface area (Å²) in [6.07, 6.45) is 9.10. The molecule has 3 aliphatic rings. The lowest BCUT2D eigenvalue weighted by Gasteiger charge is -2.29. The molecule has 2 aliphatic heterocycles. The molecular formula is C23H29N7O3S. The summed E-state index contributed by atoms with van der Waals surface area (Å²) in [5, 5.41) is 3.30. The van der Waals surface area contributed by atoms with Gasteiger partial charge in [-0.05, 0) is 50.2 Å². The van der Waals surface area contributed by atoms with Crippen LogP contribution in [0, 0.1) is 0 Å². The number of nitrogens with zero attached hydrogens (tertiary/aromatic N) is 5. The molecule has 1 amide bonds. The van der Waals surface area contributed by atoms with Gasteiger partial charge < -0.3 is 20.7 Å². The smallest absolute Gasteiger partial charge is 0.404 e. The highest BCUT2D eigenvalue weighted by Crippen LogP contribution is 2.39. The molecule has 0 bridgehead atoms. The molecule has 11 heteroatoms. The predicted molar refractivity (Wildman–Crippen MR) is 129 cm³/mol. The monoisotopic (exact) mass is 483 g/mol. The maximum Gasteiger partial charge on any atom is 0.404 e. The van der Waals surface area contributed by atoms with E-state index in [1.54, 1.807) is 0 Å². The minimum Gasteiger partial charge on any atom is -0.447 e. The molecule has 2 aromatic rings. The Morgan fingerprint density at radius 1 is 1.26 bits per heavy atom. The first-order chi connectivity index (χ1) is 16.3. The Morgan fingerprint density at radius 2 is 2.03 bits per heavy atom. The summed E-state index contributed by atoms with van der Waals surface area (Å²) >= 11 is 0. The first-order valence-corrected chi connectivity index (χ1v) is 12.9. The Kier molecular flexibility index (Phi) is 5.97. The van der Waals surface area contributed by atoms with Gasteiger partial charge in [0, 0.05) is 37.7 Å². The SMILES string of the molecule is CC(C)(COC(N)=O)Nc1nc(N2CC=C(c3ncc(C4CC4)cn3)CC2)nc2c1S(=O)CC2. The van der Waals surface area contributed by atoms with Crippen molar-refractivity contribution < 1.29 is 13.7 Å². The minimum absolute atomic E-state index is 0.0540. The molecule has 1 aliphatic carbocycles. The molecule has 1 unspecified atom stereocenters.